The molecule has 4 nitrogen and oxygen atoms in total. The summed E-state index contributed by atoms with van der Waals surface area (Å²) in [5, 5.41) is 2.63. The SMILES string of the molecule is CCN1C[C@@H](N(Cc2ccccc2)c2ccc(N)c(Cl)c2)CCO1. The molecule has 0 aliphatic carbocycles. The van der Waals surface area contributed by atoms with Crippen molar-refractivity contribution in [3.63, 3.8) is 0 Å². The minimum atomic E-state index is 0.374. The van der Waals surface area contributed by atoms with Crippen molar-refractivity contribution in [2.75, 3.05) is 30.3 Å². The number of benzene rings is 2. The maximum Gasteiger partial charge on any atom is 0.0705 e. The highest BCUT2D eigenvalue weighted by molar-refractivity contribution is 6.33. The Morgan fingerprint density at radius 1 is 1.25 bits per heavy atom. The zero-order valence-electron chi connectivity index (χ0n) is 14.0. The molecule has 3 rings (SSSR count). The number of halogens is 1. The van der Waals surface area contributed by atoms with Gasteiger partial charge in [-0.15, -0.1) is 0 Å². The number of nitrogens with two attached hydrogens (primary N) is 1. The number of rotatable bonds is 5. The average molecular weight is 346 g/mol. The van der Waals surface area contributed by atoms with Gasteiger partial charge in [-0.1, -0.05) is 48.9 Å². The van der Waals surface area contributed by atoms with Gasteiger partial charge in [-0.3, -0.25) is 4.84 Å². The summed E-state index contributed by atoms with van der Waals surface area (Å²) in [5.74, 6) is 0. The van der Waals surface area contributed by atoms with E-state index < -0.39 is 0 Å². The summed E-state index contributed by atoms with van der Waals surface area (Å²) in [4.78, 5) is 8.11. The van der Waals surface area contributed by atoms with E-state index >= 15 is 0 Å². The van der Waals surface area contributed by atoms with Gasteiger partial charge in [0.15, 0.2) is 0 Å². The molecule has 2 aromatic rings. The van der Waals surface area contributed by atoms with E-state index in [1.807, 2.05) is 23.3 Å². The molecule has 0 unspecified atom stereocenters. The Kier molecular flexibility index (Phi) is 5.61. The first-order chi connectivity index (χ1) is 11.7. The second kappa shape index (κ2) is 7.88. The largest absolute Gasteiger partial charge is 0.398 e. The van der Waals surface area contributed by atoms with Crippen LogP contribution in [0.1, 0.15) is 18.9 Å². The van der Waals surface area contributed by atoms with Crippen LogP contribution in [0.25, 0.3) is 0 Å². The minimum absolute atomic E-state index is 0.374. The van der Waals surface area contributed by atoms with E-state index in [0.717, 1.165) is 38.3 Å². The third-order valence-electron chi connectivity index (χ3n) is 4.44. The minimum Gasteiger partial charge on any atom is -0.398 e. The lowest BCUT2D eigenvalue weighted by Crippen LogP contribution is -2.48. The first kappa shape index (κ1) is 17.1. The van der Waals surface area contributed by atoms with Gasteiger partial charge in [-0.2, -0.15) is 5.06 Å². The number of nitrogen functional groups attached to an aromatic ring is 1. The zero-order valence-corrected chi connectivity index (χ0v) is 14.7. The predicted molar refractivity (Wildman–Crippen MR) is 100 cm³/mol. The summed E-state index contributed by atoms with van der Waals surface area (Å²) in [6.07, 6.45) is 0.991. The Labute approximate surface area is 148 Å². The molecular weight excluding hydrogens is 322 g/mol. The molecule has 1 aliphatic heterocycles. The monoisotopic (exact) mass is 345 g/mol. The van der Waals surface area contributed by atoms with Crippen LogP contribution in [0.3, 0.4) is 0 Å². The Morgan fingerprint density at radius 2 is 2.04 bits per heavy atom. The molecule has 128 valence electrons. The summed E-state index contributed by atoms with van der Waals surface area (Å²) in [7, 11) is 0. The second-order valence-electron chi connectivity index (χ2n) is 6.08. The van der Waals surface area contributed by atoms with Crippen LogP contribution in [0.4, 0.5) is 11.4 Å². The first-order valence-electron chi connectivity index (χ1n) is 8.41. The fraction of sp³-hybridized carbons (Fsp3) is 0.368. The number of anilines is 2. The molecule has 1 heterocycles. The van der Waals surface area contributed by atoms with Crippen molar-refractivity contribution < 1.29 is 4.84 Å². The van der Waals surface area contributed by atoms with Crippen LogP contribution in [-0.4, -0.2) is 30.8 Å². The molecule has 0 amide bonds. The van der Waals surface area contributed by atoms with E-state index in [1.54, 1.807) is 0 Å². The lowest BCUT2D eigenvalue weighted by molar-refractivity contribution is -0.182. The van der Waals surface area contributed by atoms with Crippen LogP contribution in [0.15, 0.2) is 48.5 Å². The maximum absolute atomic E-state index is 6.27. The number of hydroxylamine groups is 2. The van der Waals surface area contributed by atoms with Gasteiger partial charge in [0, 0.05) is 31.4 Å². The molecule has 5 heteroatoms. The van der Waals surface area contributed by atoms with E-state index in [9.17, 15) is 0 Å². The maximum atomic E-state index is 6.27. The Morgan fingerprint density at radius 3 is 2.75 bits per heavy atom. The molecule has 0 spiro atoms. The van der Waals surface area contributed by atoms with Crippen molar-refractivity contribution in [3.8, 4) is 0 Å². The number of hydrogen-bond donors (Lipinski definition) is 1. The van der Waals surface area contributed by atoms with E-state index in [1.165, 1.54) is 5.56 Å². The van der Waals surface area contributed by atoms with Crippen LogP contribution in [0, 0.1) is 0 Å². The summed E-state index contributed by atoms with van der Waals surface area (Å²) in [6, 6.07) is 16.8. The summed E-state index contributed by atoms with van der Waals surface area (Å²) >= 11 is 6.27. The van der Waals surface area contributed by atoms with E-state index in [2.05, 4.69) is 42.2 Å². The Hall–Kier alpha value is -1.75. The van der Waals surface area contributed by atoms with Crippen LogP contribution in [0.2, 0.25) is 5.02 Å². The number of hydrogen-bond acceptors (Lipinski definition) is 4. The van der Waals surface area contributed by atoms with Gasteiger partial charge in [-0.25, -0.2) is 0 Å². The number of likely N-dealkylation sites (N-methyl/N-ethyl adjacent to an activating group) is 1. The quantitative estimate of drug-likeness (QED) is 0.833. The third kappa shape index (κ3) is 4.01. The van der Waals surface area contributed by atoms with Crippen LogP contribution in [0.5, 0.6) is 0 Å². The molecule has 1 fully saturated rings. The molecule has 1 saturated heterocycles. The summed E-state index contributed by atoms with van der Waals surface area (Å²) in [6.45, 7) is 5.46. The van der Waals surface area contributed by atoms with Gasteiger partial charge in [0.05, 0.1) is 17.3 Å². The zero-order chi connectivity index (χ0) is 16.9. The molecule has 2 aromatic carbocycles. The van der Waals surface area contributed by atoms with Crippen LogP contribution in [-0.2, 0) is 11.4 Å². The smallest absolute Gasteiger partial charge is 0.0705 e. The molecule has 0 radical (unpaired) electrons. The van der Waals surface area contributed by atoms with Crippen molar-refractivity contribution in [2.24, 2.45) is 0 Å². The van der Waals surface area contributed by atoms with E-state index in [4.69, 9.17) is 22.2 Å². The van der Waals surface area contributed by atoms with Gasteiger partial charge in [0.25, 0.3) is 0 Å². The van der Waals surface area contributed by atoms with Crippen molar-refractivity contribution in [3.05, 3.63) is 59.1 Å². The lowest BCUT2D eigenvalue weighted by atomic mass is 10.1. The van der Waals surface area contributed by atoms with Gasteiger partial charge < -0.3 is 10.6 Å². The molecule has 1 atom stereocenters. The fourth-order valence-electron chi connectivity index (χ4n) is 3.08. The summed E-state index contributed by atoms with van der Waals surface area (Å²) in [5.41, 5.74) is 8.87. The first-order valence-corrected chi connectivity index (χ1v) is 8.78. The summed E-state index contributed by atoms with van der Waals surface area (Å²) < 4.78 is 0. The number of nitrogens with zero attached hydrogens (tertiary/aromatic N) is 2. The molecule has 0 saturated carbocycles. The average Bonchev–Trinajstić information content (AvgIpc) is 2.63. The lowest BCUT2D eigenvalue weighted by Gasteiger charge is -2.40. The molecule has 2 N–H and O–H groups in total. The van der Waals surface area contributed by atoms with Gasteiger partial charge in [-0.05, 0) is 30.2 Å². The standard InChI is InChI=1S/C19H24ClN3O/c1-2-22-14-17(10-11-24-22)23(13-15-6-4-3-5-7-15)16-8-9-19(21)18(20)12-16/h3-9,12,17H,2,10-11,13-14,21H2,1H3/t17-/m0/s1. The fourth-order valence-corrected chi connectivity index (χ4v) is 3.25. The topological polar surface area (TPSA) is 41.7 Å². The molecule has 0 bridgehead atoms. The Bertz CT molecular complexity index is 665. The molecular formula is C19H24ClN3O. The normalized spacial score (nSPS) is 18.5. The van der Waals surface area contributed by atoms with Crippen molar-refractivity contribution in [2.45, 2.75) is 25.9 Å². The van der Waals surface area contributed by atoms with Crippen LogP contribution >= 0.6 is 11.6 Å². The van der Waals surface area contributed by atoms with E-state index in [0.29, 0.717) is 16.8 Å². The third-order valence-corrected chi connectivity index (χ3v) is 4.77. The van der Waals surface area contributed by atoms with Gasteiger partial charge in [0.2, 0.25) is 0 Å². The predicted octanol–water partition coefficient (Wildman–Crippen LogP) is 3.95. The molecule has 1 aliphatic rings. The van der Waals surface area contributed by atoms with Crippen LogP contribution < -0.4 is 10.6 Å². The molecule has 0 aromatic heterocycles. The van der Waals surface area contributed by atoms with Crippen molar-refractivity contribution in [1.29, 1.82) is 0 Å². The van der Waals surface area contributed by atoms with Crippen molar-refractivity contribution >= 4 is 23.0 Å². The highest BCUT2D eigenvalue weighted by Gasteiger charge is 2.26. The van der Waals surface area contributed by atoms with E-state index in [-0.39, 0.29) is 0 Å². The second-order valence-corrected chi connectivity index (χ2v) is 6.48. The molecule has 24 heavy (non-hydrogen) atoms. The Balaban J connectivity index is 1.89. The van der Waals surface area contributed by atoms with Crippen molar-refractivity contribution in [1.82, 2.24) is 5.06 Å². The highest BCUT2D eigenvalue weighted by atomic mass is 35.5. The van der Waals surface area contributed by atoms with Gasteiger partial charge in [0.1, 0.15) is 0 Å². The highest BCUT2D eigenvalue weighted by Crippen LogP contribution is 2.29. The van der Waals surface area contributed by atoms with Gasteiger partial charge >= 0.3 is 0 Å².